The van der Waals surface area contributed by atoms with E-state index in [1.807, 2.05) is 0 Å². The molecule has 0 spiro atoms. The van der Waals surface area contributed by atoms with Crippen LogP contribution in [0.5, 0.6) is 0 Å². The Morgan fingerprint density at radius 1 is 1.30 bits per heavy atom. The highest BCUT2D eigenvalue weighted by molar-refractivity contribution is 4.83. The Morgan fingerprint density at radius 3 is 2.50 bits per heavy atom. The van der Waals surface area contributed by atoms with E-state index in [2.05, 4.69) is 6.92 Å². The molecule has 60 valence electrons. The second-order valence-corrected chi connectivity index (χ2v) is 3.41. The number of hydrogen-bond acceptors (Lipinski definition) is 2. The van der Waals surface area contributed by atoms with Crippen LogP contribution in [0.1, 0.15) is 32.6 Å². The molecule has 3 unspecified atom stereocenters. The molecule has 1 saturated carbocycles. The second-order valence-electron chi connectivity index (χ2n) is 3.41. The number of rotatable bonds is 1. The van der Waals surface area contributed by atoms with Gasteiger partial charge in [-0.3, -0.25) is 0 Å². The summed E-state index contributed by atoms with van der Waals surface area (Å²) in [5.74, 6) is 0.736. The first-order chi connectivity index (χ1) is 4.74. The molecule has 0 amide bonds. The van der Waals surface area contributed by atoms with Crippen LogP contribution >= 0.6 is 0 Å². The highest BCUT2D eigenvalue weighted by atomic mass is 14.7. The third kappa shape index (κ3) is 1.70. The Kier molecular flexibility index (Phi) is 2.69. The fourth-order valence-corrected chi connectivity index (χ4v) is 1.81. The first-order valence-corrected chi connectivity index (χ1v) is 4.25. The lowest BCUT2D eigenvalue weighted by Crippen LogP contribution is -2.41. The zero-order chi connectivity index (χ0) is 7.56. The van der Waals surface area contributed by atoms with E-state index in [4.69, 9.17) is 11.5 Å². The zero-order valence-corrected chi connectivity index (χ0v) is 6.72. The summed E-state index contributed by atoms with van der Waals surface area (Å²) in [6.07, 6.45) is 4.65. The smallest absolute Gasteiger partial charge is 0.00817 e. The summed E-state index contributed by atoms with van der Waals surface area (Å²) in [7, 11) is 0. The lowest BCUT2D eigenvalue weighted by Gasteiger charge is -2.31. The van der Waals surface area contributed by atoms with E-state index in [0.29, 0.717) is 12.1 Å². The van der Waals surface area contributed by atoms with Gasteiger partial charge in [0.25, 0.3) is 0 Å². The summed E-state index contributed by atoms with van der Waals surface area (Å²) in [5.41, 5.74) is 11.7. The quantitative estimate of drug-likeness (QED) is 0.570. The molecule has 0 aromatic heterocycles. The summed E-state index contributed by atoms with van der Waals surface area (Å²) >= 11 is 0. The standard InChI is InChI=1S/C8H18N2/c1-2-6-3-4-7(9)5-8(6)10/h6-8H,2-5,9-10H2,1H3. The highest BCUT2D eigenvalue weighted by Crippen LogP contribution is 2.24. The van der Waals surface area contributed by atoms with E-state index in [1.165, 1.54) is 19.3 Å². The van der Waals surface area contributed by atoms with Gasteiger partial charge in [-0.1, -0.05) is 13.3 Å². The average molecular weight is 142 g/mol. The molecule has 1 aliphatic carbocycles. The van der Waals surface area contributed by atoms with Gasteiger partial charge in [0.15, 0.2) is 0 Å². The Bertz CT molecular complexity index is 103. The summed E-state index contributed by atoms with van der Waals surface area (Å²) in [6.45, 7) is 2.21. The Morgan fingerprint density at radius 2 is 2.00 bits per heavy atom. The van der Waals surface area contributed by atoms with Crippen molar-refractivity contribution in [2.24, 2.45) is 17.4 Å². The minimum Gasteiger partial charge on any atom is -0.328 e. The van der Waals surface area contributed by atoms with Gasteiger partial charge in [0.1, 0.15) is 0 Å². The van der Waals surface area contributed by atoms with Gasteiger partial charge in [-0.05, 0) is 25.2 Å². The van der Waals surface area contributed by atoms with Crippen molar-refractivity contribution in [3.63, 3.8) is 0 Å². The fourth-order valence-electron chi connectivity index (χ4n) is 1.81. The van der Waals surface area contributed by atoms with Crippen molar-refractivity contribution in [2.75, 3.05) is 0 Å². The molecule has 0 aliphatic heterocycles. The SMILES string of the molecule is CCC1CCC(N)CC1N. The third-order valence-electron chi connectivity index (χ3n) is 2.61. The van der Waals surface area contributed by atoms with E-state index in [-0.39, 0.29) is 0 Å². The molecule has 0 heterocycles. The van der Waals surface area contributed by atoms with Crippen molar-refractivity contribution in [1.29, 1.82) is 0 Å². The van der Waals surface area contributed by atoms with E-state index >= 15 is 0 Å². The Hall–Kier alpha value is -0.0800. The normalized spacial score (nSPS) is 41.7. The fraction of sp³-hybridized carbons (Fsp3) is 1.00. The predicted molar refractivity (Wildman–Crippen MR) is 43.6 cm³/mol. The molecule has 2 heteroatoms. The van der Waals surface area contributed by atoms with Gasteiger partial charge in [0, 0.05) is 12.1 Å². The Labute approximate surface area is 63.0 Å². The largest absolute Gasteiger partial charge is 0.328 e. The molecule has 1 aliphatic rings. The summed E-state index contributed by atoms with van der Waals surface area (Å²) < 4.78 is 0. The first-order valence-electron chi connectivity index (χ1n) is 4.25. The molecule has 2 nitrogen and oxygen atoms in total. The van der Waals surface area contributed by atoms with Crippen LogP contribution in [0.3, 0.4) is 0 Å². The van der Waals surface area contributed by atoms with Crippen molar-refractivity contribution in [1.82, 2.24) is 0 Å². The number of nitrogens with two attached hydrogens (primary N) is 2. The van der Waals surface area contributed by atoms with E-state index in [0.717, 1.165) is 12.3 Å². The van der Waals surface area contributed by atoms with E-state index in [9.17, 15) is 0 Å². The molecule has 0 bridgehead atoms. The molecule has 0 radical (unpaired) electrons. The van der Waals surface area contributed by atoms with Gasteiger partial charge < -0.3 is 11.5 Å². The average Bonchev–Trinajstić information content (AvgIpc) is 1.88. The monoisotopic (exact) mass is 142 g/mol. The van der Waals surface area contributed by atoms with Crippen LogP contribution in [0, 0.1) is 5.92 Å². The Balaban J connectivity index is 2.36. The maximum atomic E-state index is 5.90. The van der Waals surface area contributed by atoms with Crippen molar-refractivity contribution in [2.45, 2.75) is 44.7 Å². The van der Waals surface area contributed by atoms with Crippen molar-refractivity contribution in [3.05, 3.63) is 0 Å². The molecule has 3 atom stereocenters. The van der Waals surface area contributed by atoms with Crippen LogP contribution in [-0.2, 0) is 0 Å². The minimum atomic E-state index is 0.369. The number of hydrogen-bond donors (Lipinski definition) is 2. The van der Waals surface area contributed by atoms with Crippen LogP contribution < -0.4 is 11.5 Å². The van der Waals surface area contributed by atoms with Gasteiger partial charge in [-0.25, -0.2) is 0 Å². The van der Waals surface area contributed by atoms with Crippen LogP contribution in [0.4, 0.5) is 0 Å². The molecule has 10 heavy (non-hydrogen) atoms. The van der Waals surface area contributed by atoms with Crippen LogP contribution in [0.15, 0.2) is 0 Å². The molecular weight excluding hydrogens is 124 g/mol. The van der Waals surface area contributed by atoms with Crippen molar-refractivity contribution < 1.29 is 0 Å². The van der Waals surface area contributed by atoms with Gasteiger partial charge in [0.2, 0.25) is 0 Å². The van der Waals surface area contributed by atoms with E-state index < -0.39 is 0 Å². The third-order valence-corrected chi connectivity index (χ3v) is 2.61. The summed E-state index contributed by atoms with van der Waals surface area (Å²) in [5, 5.41) is 0. The molecule has 0 aromatic carbocycles. The van der Waals surface area contributed by atoms with Crippen molar-refractivity contribution >= 4 is 0 Å². The van der Waals surface area contributed by atoms with Gasteiger partial charge >= 0.3 is 0 Å². The first kappa shape index (κ1) is 8.02. The van der Waals surface area contributed by atoms with Gasteiger partial charge in [0.05, 0.1) is 0 Å². The predicted octanol–water partition coefficient (Wildman–Crippen LogP) is 0.851. The molecule has 1 rings (SSSR count). The summed E-state index contributed by atoms with van der Waals surface area (Å²) in [4.78, 5) is 0. The molecule has 4 N–H and O–H groups in total. The maximum absolute atomic E-state index is 5.90. The molecule has 0 aromatic rings. The highest BCUT2D eigenvalue weighted by Gasteiger charge is 2.24. The topological polar surface area (TPSA) is 52.0 Å². The van der Waals surface area contributed by atoms with Crippen LogP contribution in [0.25, 0.3) is 0 Å². The van der Waals surface area contributed by atoms with Gasteiger partial charge in [-0.2, -0.15) is 0 Å². The van der Waals surface area contributed by atoms with Crippen LogP contribution in [0.2, 0.25) is 0 Å². The van der Waals surface area contributed by atoms with Crippen LogP contribution in [-0.4, -0.2) is 12.1 Å². The molecular formula is C8H18N2. The lowest BCUT2D eigenvalue weighted by molar-refractivity contribution is 0.275. The summed E-state index contributed by atoms with van der Waals surface area (Å²) in [6, 6.07) is 0.742. The minimum absolute atomic E-state index is 0.369. The zero-order valence-electron chi connectivity index (χ0n) is 6.72. The lowest BCUT2D eigenvalue weighted by atomic mass is 9.81. The van der Waals surface area contributed by atoms with E-state index in [1.54, 1.807) is 0 Å². The maximum Gasteiger partial charge on any atom is 0.00817 e. The molecule has 0 saturated heterocycles. The van der Waals surface area contributed by atoms with Crippen molar-refractivity contribution in [3.8, 4) is 0 Å². The second kappa shape index (κ2) is 3.35. The van der Waals surface area contributed by atoms with Gasteiger partial charge in [-0.15, -0.1) is 0 Å². The molecule has 1 fully saturated rings.